The molecule has 1 heterocycles. The number of carbonyl (C=O) groups excluding carboxylic acids is 1. The van der Waals surface area contributed by atoms with Gasteiger partial charge in [0.05, 0.1) is 19.2 Å². The van der Waals surface area contributed by atoms with E-state index in [1.165, 1.54) is 11.3 Å². The van der Waals surface area contributed by atoms with Crippen LogP contribution in [0.1, 0.15) is 23.4 Å². The molecule has 0 saturated carbocycles. The van der Waals surface area contributed by atoms with Crippen LogP contribution in [0.4, 0.5) is 0 Å². The van der Waals surface area contributed by atoms with Gasteiger partial charge in [0.1, 0.15) is 20.9 Å². The van der Waals surface area contributed by atoms with Gasteiger partial charge in [-0.25, -0.2) is 4.98 Å². The molecule has 2 aromatic rings. The Hall–Kier alpha value is -1.10. The lowest BCUT2D eigenvalue weighted by molar-refractivity contribution is -0.118. The van der Waals surface area contributed by atoms with Gasteiger partial charge in [0.15, 0.2) is 0 Å². The second-order valence-electron chi connectivity index (χ2n) is 4.64. The number of aryl methyl sites for hydroxylation is 1. The van der Waals surface area contributed by atoms with E-state index >= 15 is 0 Å². The van der Waals surface area contributed by atoms with Crippen molar-refractivity contribution in [3.63, 3.8) is 0 Å². The second-order valence-corrected chi connectivity index (χ2v) is 6.79. The molecule has 6 heteroatoms. The van der Waals surface area contributed by atoms with Crippen LogP contribution in [0, 0.1) is 6.92 Å². The predicted molar refractivity (Wildman–Crippen MR) is 86.8 cm³/mol. The fourth-order valence-corrected chi connectivity index (χ4v) is 2.90. The molecular formula is C15H15Cl2NO2S. The summed E-state index contributed by atoms with van der Waals surface area (Å²) in [5.74, 6) is 0.924. The lowest BCUT2D eigenvalue weighted by Gasteiger charge is -2.07. The maximum absolute atomic E-state index is 11.8. The minimum Gasteiger partial charge on any atom is -0.494 e. The number of ether oxygens (including phenoxy) is 1. The highest BCUT2D eigenvalue weighted by atomic mass is 35.5. The third-order valence-corrected chi connectivity index (χ3v) is 4.41. The third kappa shape index (κ3) is 5.30. The van der Waals surface area contributed by atoms with E-state index < -0.39 is 0 Å². The molecular weight excluding hydrogens is 329 g/mol. The van der Waals surface area contributed by atoms with Crippen LogP contribution in [0.25, 0.3) is 0 Å². The highest BCUT2D eigenvalue weighted by molar-refractivity contribution is 7.15. The van der Waals surface area contributed by atoms with Gasteiger partial charge in [0.2, 0.25) is 0 Å². The largest absolute Gasteiger partial charge is 0.494 e. The van der Waals surface area contributed by atoms with Crippen molar-refractivity contribution >= 4 is 40.3 Å². The Labute approximate surface area is 137 Å². The van der Waals surface area contributed by atoms with Crippen molar-refractivity contribution in [1.29, 1.82) is 0 Å². The average molecular weight is 344 g/mol. The van der Waals surface area contributed by atoms with E-state index in [0.717, 1.165) is 21.3 Å². The first-order chi connectivity index (χ1) is 10.0. The maximum atomic E-state index is 11.8. The molecule has 0 radical (unpaired) electrons. The molecule has 0 fully saturated rings. The summed E-state index contributed by atoms with van der Waals surface area (Å²) in [5, 5.41) is 1.49. The van der Waals surface area contributed by atoms with E-state index in [4.69, 9.17) is 27.9 Å². The van der Waals surface area contributed by atoms with Gasteiger partial charge in [-0.3, -0.25) is 4.79 Å². The summed E-state index contributed by atoms with van der Waals surface area (Å²) in [6, 6.07) is 5.53. The van der Waals surface area contributed by atoms with Gasteiger partial charge in [-0.1, -0.05) is 23.2 Å². The van der Waals surface area contributed by atoms with E-state index in [-0.39, 0.29) is 5.78 Å². The van der Waals surface area contributed by atoms with Crippen molar-refractivity contribution in [2.75, 3.05) is 6.61 Å². The van der Waals surface area contributed by atoms with Gasteiger partial charge in [-0.15, -0.1) is 11.3 Å². The van der Waals surface area contributed by atoms with Crippen LogP contribution in [0.2, 0.25) is 9.36 Å². The molecule has 0 unspecified atom stereocenters. The molecule has 0 amide bonds. The summed E-state index contributed by atoms with van der Waals surface area (Å²) in [7, 11) is 0. The van der Waals surface area contributed by atoms with Crippen molar-refractivity contribution in [3.8, 4) is 5.75 Å². The van der Waals surface area contributed by atoms with Crippen LogP contribution < -0.4 is 4.74 Å². The van der Waals surface area contributed by atoms with Gasteiger partial charge in [0, 0.05) is 11.4 Å². The molecule has 0 atom stereocenters. The third-order valence-electron chi connectivity index (χ3n) is 2.87. The van der Waals surface area contributed by atoms with Gasteiger partial charge in [-0.2, -0.15) is 0 Å². The van der Waals surface area contributed by atoms with Gasteiger partial charge >= 0.3 is 0 Å². The second kappa shape index (κ2) is 7.78. The first-order valence-electron chi connectivity index (χ1n) is 6.55. The summed E-state index contributed by atoms with van der Waals surface area (Å²) < 4.78 is 6.21. The van der Waals surface area contributed by atoms with Crippen molar-refractivity contribution in [3.05, 3.63) is 44.3 Å². The number of Topliss-reactive ketones (excluding diaryl/α,β-unsaturated/α-hetero) is 1. The number of aromatic nitrogens is 1. The van der Waals surface area contributed by atoms with E-state index in [9.17, 15) is 4.79 Å². The molecule has 0 aliphatic heterocycles. The number of halogens is 2. The lowest BCUT2D eigenvalue weighted by Crippen LogP contribution is -2.06. The van der Waals surface area contributed by atoms with Crippen LogP contribution in [0.5, 0.6) is 5.75 Å². The van der Waals surface area contributed by atoms with E-state index in [1.54, 1.807) is 6.20 Å². The van der Waals surface area contributed by atoms with Crippen molar-refractivity contribution in [2.24, 2.45) is 0 Å². The molecule has 21 heavy (non-hydrogen) atoms. The topological polar surface area (TPSA) is 39.2 Å². The molecule has 0 aliphatic carbocycles. The first kappa shape index (κ1) is 16.3. The summed E-state index contributed by atoms with van der Waals surface area (Å²) >= 11 is 13.1. The number of hydrogen-bond donors (Lipinski definition) is 0. The summed E-state index contributed by atoms with van der Waals surface area (Å²) in [6.07, 6.45) is 3.07. The summed E-state index contributed by atoms with van der Waals surface area (Å²) in [4.78, 5) is 15.9. The van der Waals surface area contributed by atoms with Crippen LogP contribution in [0.15, 0.2) is 24.4 Å². The van der Waals surface area contributed by atoms with Crippen molar-refractivity contribution in [1.82, 2.24) is 4.98 Å². The van der Waals surface area contributed by atoms with E-state index in [0.29, 0.717) is 30.2 Å². The fraction of sp³-hybridized carbons (Fsp3) is 0.333. The number of ketones is 1. The molecule has 0 spiro atoms. The summed E-state index contributed by atoms with van der Waals surface area (Å²) in [6.45, 7) is 2.43. The summed E-state index contributed by atoms with van der Waals surface area (Å²) in [5.41, 5.74) is 0.978. The Kier molecular flexibility index (Phi) is 6.03. The lowest BCUT2D eigenvalue weighted by atomic mass is 10.2. The highest BCUT2D eigenvalue weighted by Crippen LogP contribution is 2.21. The zero-order valence-corrected chi connectivity index (χ0v) is 13.9. The number of rotatable bonds is 7. The smallest absolute Gasteiger partial charge is 0.139 e. The zero-order chi connectivity index (χ0) is 15.2. The molecule has 2 rings (SSSR count). The molecule has 112 valence electrons. The number of nitrogens with zero attached hydrogens (tertiary/aromatic N) is 1. The van der Waals surface area contributed by atoms with Crippen molar-refractivity contribution in [2.45, 2.75) is 26.2 Å². The van der Waals surface area contributed by atoms with Crippen LogP contribution >= 0.6 is 34.5 Å². The quantitative estimate of drug-likeness (QED) is 0.682. The minimum absolute atomic E-state index is 0.150. The molecule has 1 aromatic heterocycles. The molecule has 0 aliphatic rings. The molecule has 0 bridgehead atoms. The zero-order valence-electron chi connectivity index (χ0n) is 11.6. The van der Waals surface area contributed by atoms with E-state index in [1.807, 2.05) is 25.1 Å². The van der Waals surface area contributed by atoms with E-state index in [2.05, 4.69) is 4.98 Å². The van der Waals surface area contributed by atoms with Crippen molar-refractivity contribution < 1.29 is 9.53 Å². The molecule has 0 saturated heterocycles. The van der Waals surface area contributed by atoms with Gasteiger partial charge < -0.3 is 4.74 Å². The Morgan fingerprint density at radius 2 is 2.19 bits per heavy atom. The van der Waals surface area contributed by atoms with Gasteiger partial charge in [-0.05, 0) is 37.1 Å². The average Bonchev–Trinajstić information content (AvgIpc) is 2.84. The Balaban J connectivity index is 1.69. The fourth-order valence-electron chi connectivity index (χ4n) is 1.79. The standard InChI is InChI=1S/C15H15Cl2NO2S/c1-10-7-12(4-5-13(10)16)20-6-2-3-11(19)8-15-18-9-14(17)21-15/h4-5,7,9H,2-3,6,8H2,1H3. The predicted octanol–water partition coefficient (Wildman–Crippen LogP) is 4.73. The number of thiazole rings is 1. The minimum atomic E-state index is 0.150. The SMILES string of the molecule is Cc1cc(OCCCC(=O)Cc2ncc(Cl)s2)ccc1Cl. The Morgan fingerprint density at radius 1 is 1.38 bits per heavy atom. The Bertz CT molecular complexity index is 628. The molecule has 1 aromatic carbocycles. The highest BCUT2D eigenvalue weighted by Gasteiger charge is 2.07. The molecule has 3 nitrogen and oxygen atoms in total. The normalized spacial score (nSPS) is 10.6. The van der Waals surface area contributed by atoms with Gasteiger partial charge in [0.25, 0.3) is 0 Å². The van der Waals surface area contributed by atoms with Crippen LogP contribution in [0.3, 0.4) is 0 Å². The maximum Gasteiger partial charge on any atom is 0.139 e. The first-order valence-corrected chi connectivity index (χ1v) is 8.12. The monoisotopic (exact) mass is 343 g/mol. The Morgan fingerprint density at radius 3 is 2.86 bits per heavy atom. The number of hydrogen-bond acceptors (Lipinski definition) is 4. The van der Waals surface area contributed by atoms with Crippen LogP contribution in [-0.2, 0) is 11.2 Å². The number of benzene rings is 1. The number of carbonyl (C=O) groups is 1. The van der Waals surface area contributed by atoms with Crippen LogP contribution in [-0.4, -0.2) is 17.4 Å². The molecule has 0 N–H and O–H groups in total.